The van der Waals surface area contributed by atoms with Gasteiger partial charge in [0.15, 0.2) is 9.84 Å². The summed E-state index contributed by atoms with van der Waals surface area (Å²) in [6, 6.07) is 11.5. The topological polar surface area (TPSA) is 93.2 Å². The van der Waals surface area contributed by atoms with Gasteiger partial charge in [0.25, 0.3) is 0 Å². The molecular weight excluding hydrogens is 288 g/mol. The van der Waals surface area contributed by atoms with E-state index in [1.54, 1.807) is 24.3 Å². The summed E-state index contributed by atoms with van der Waals surface area (Å²) in [5.41, 5.74) is 6.94. The number of hydrogen-bond donors (Lipinski definition) is 2. The lowest BCUT2D eigenvalue weighted by atomic mass is 10.1. The lowest BCUT2D eigenvalue weighted by Gasteiger charge is -2.12. The Balaban J connectivity index is 2.43. The Morgan fingerprint density at radius 3 is 2.52 bits per heavy atom. The van der Waals surface area contributed by atoms with Crippen LogP contribution >= 0.6 is 0 Å². The van der Waals surface area contributed by atoms with Crippen LogP contribution in [0.15, 0.2) is 47.4 Å². The molecular formula is C15H16N2O3S. The minimum absolute atomic E-state index is 0.107. The van der Waals surface area contributed by atoms with E-state index in [2.05, 4.69) is 0 Å². The van der Waals surface area contributed by atoms with Crippen molar-refractivity contribution in [2.75, 3.05) is 6.26 Å². The fraction of sp³-hybridized carbons (Fsp3) is 0.133. The Labute approximate surface area is 123 Å². The van der Waals surface area contributed by atoms with E-state index in [9.17, 15) is 8.42 Å². The van der Waals surface area contributed by atoms with Crippen LogP contribution in [0.25, 0.3) is 0 Å². The van der Waals surface area contributed by atoms with E-state index in [0.717, 1.165) is 11.8 Å². The van der Waals surface area contributed by atoms with E-state index < -0.39 is 9.84 Å². The highest BCUT2D eigenvalue weighted by atomic mass is 32.2. The zero-order valence-electron chi connectivity index (χ0n) is 11.8. The first kappa shape index (κ1) is 15.1. The maximum atomic E-state index is 11.6. The van der Waals surface area contributed by atoms with Crippen LogP contribution < -0.4 is 10.5 Å². The van der Waals surface area contributed by atoms with Crippen molar-refractivity contribution in [2.45, 2.75) is 11.8 Å². The van der Waals surface area contributed by atoms with Crippen molar-refractivity contribution in [1.82, 2.24) is 0 Å². The van der Waals surface area contributed by atoms with Crippen LogP contribution in [0.3, 0.4) is 0 Å². The van der Waals surface area contributed by atoms with Gasteiger partial charge in [0.05, 0.1) is 10.5 Å². The highest BCUT2D eigenvalue weighted by Crippen LogP contribution is 2.27. The minimum atomic E-state index is -3.30. The number of nitrogens with one attached hydrogen (secondary N) is 1. The summed E-state index contributed by atoms with van der Waals surface area (Å²) < 4.78 is 28.8. The van der Waals surface area contributed by atoms with Crippen LogP contribution in [-0.2, 0) is 9.84 Å². The average Bonchev–Trinajstić information content (AvgIpc) is 2.37. The molecule has 0 radical (unpaired) electrons. The Morgan fingerprint density at radius 1 is 1.19 bits per heavy atom. The molecule has 0 aliphatic rings. The molecule has 0 bridgehead atoms. The Morgan fingerprint density at radius 2 is 1.90 bits per heavy atom. The number of rotatable bonds is 4. The van der Waals surface area contributed by atoms with E-state index in [1.807, 2.05) is 13.0 Å². The fourth-order valence-corrected chi connectivity index (χ4v) is 2.49. The second kappa shape index (κ2) is 5.57. The van der Waals surface area contributed by atoms with E-state index in [0.29, 0.717) is 17.1 Å². The Bertz CT molecular complexity index is 798. The summed E-state index contributed by atoms with van der Waals surface area (Å²) in [5.74, 6) is 0.698. The monoisotopic (exact) mass is 304 g/mol. The second-order valence-electron chi connectivity index (χ2n) is 4.76. The first-order valence-corrected chi connectivity index (χ1v) is 8.09. The molecule has 0 aliphatic heterocycles. The molecule has 0 heterocycles. The molecule has 6 heteroatoms. The number of nitrogen functional groups attached to an aromatic ring is 1. The lowest BCUT2D eigenvalue weighted by Crippen LogP contribution is -2.12. The van der Waals surface area contributed by atoms with Crippen LogP contribution in [0.2, 0.25) is 0 Å². The van der Waals surface area contributed by atoms with Crippen LogP contribution in [0, 0.1) is 12.3 Å². The van der Waals surface area contributed by atoms with E-state index in [4.69, 9.17) is 15.9 Å². The number of amidine groups is 1. The normalized spacial score (nSPS) is 11.1. The third kappa shape index (κ3) is 3.61. The quantitative estimate of drug-likeness (QED) is 0.670. The van der Waals surface area contributed by atoms with Gasteiger partial charge in [-0.3, -0.25) is 5.41 Å². The predicted octanol–water partition coefficient (Wildman–Crippen LogP) is 2.47. The van der Waals surface area contributed by atoms with Gasteiger partial charge in [-0.1, -0.05) is 12.1 Å². The SMILES string of the molecule is Cc1ccc(C(=N)N)c(Oc2cccc(S(C)(=O)=O)c2)c1. The molecule has 2 aromatic rings. The molecule has 0 atom stereocenters. The first-order chi connectivity index (χ1) is 9.77. The van der Waals surface area contributed by atoms with Crippen LogP contribution in [0.5, 0.6) is 11.5 Å². The molecule has 0 saturated heterocycles. The van der Waals surface area contributed by atoms with Crippen LogP contribution in [0.4, 0.5) is 0 Å². The van der Waals surface area contributed by atoms with Crippen molar-refractivity contribution >= 4 is 15.7 Å². The van der Waals surface area contributed by atoms with E-state index >= 15 is 0 Å². The highest BCUT2D eigenvalue weighted by molar-refractivity contribution is 7.90. The summed E-state index contributed by atoms with van der Waals surface area (Å²) in [5, 5.41) is 7.56. The lowest BCUT2D eigenvalue weighted by molar-refractivity contribution is 0.479. The fourth-order valence-electron chi connectivity index (χ4n) is 1.83. The van der Waals surface area contributed by atoms with Crippen molar-refractivity contribution in [2.24, 2.45) is 5.73 Å². The molecule has 0 aromatic heterocycles. The number of hydrogen-bond acceptors (Lipinski definition) is 4. The molecule has 0 spiro atoms. The van der Waals surface area contributed by atoms with Crippen molar-refractivity contribution in [1.29, 1.82) is 5.41 Å². The smallest absolute Gasteiger partial charge is 0.175 e. The zero-order valence-corrected chi connectivity index (χ0v) is 12.6. The molecule has 2 aromatic carbocycles. The van der Waals surface area contributed by atoms with Crippen molar-refractivity contribution in [3.63, 3.8) is 0 Å². The van der Waals surface area contributed by atoms with E-state index in [-0.39, 0.29) is 10.7 Å². The van der Waals surface area contributed by atoms with Gasteiger partial charge in [-0.25, -0.2) is 8.42 Å². The van der Waals surface area contributed by atoms with E-state index in [1.165, 1.54) is 12.1 Å². The molecule has 0 fully saturated rings. The van der Waals surface area contributed by atoms with Gasteiger partial charge < -0.3 is 10.5 Å². The molecule has 0 saturated carbocycles. The predicted molar refractivity (Wildman–Crippen MR) is 81.8 cm³/mol. The Kier molecular flexibility index (Phi) is 3.99. The third-order valence-corrected chi connectivity index (χ3v) is 4.00. The molecule has 110 valence electrons. The first-order valence-electron chi connectivity index (χ1n) is 6.20. The van der Waals surface area contributed by atoms with Gasteiger partial charge in [-0.15, -0.1) is 0 Å². The van der Waals surface area contributed by atoms with Crippen molar-refractivity contribution in [3.8, 4) is 11.5 Å². The zero-order chi connectivity index (χ0) is 15.6. The molecule has 3 N–H and O–H groups in total. The molecule has 0 unspecified atom stereocenters. The Hall–Kier alpha value is -2.34. The number of sulfone groups is 1. The minimum Gasteiger partial charge on any atom is -0.457 e. The summed E-state index contributed by atoms with van der Waals surface area (Å²) in [4.78, 5) is 0.178. The summed E-state index contributed by atoms with van der Waals surface area (Å²) in [6.45, 7) is 1.89. The summed E-state index contributed by atoms with van der Waals surface area (Å²) in [7, 11) is -3.30. The number of ether oxygens (including phenoxy) is 1. The third-order valence-electron chi connectivity index (χ3n) is 2.89. The van der Waals surface area contributed by atoms with Crippen LogP contribution in [-0.4, -0.2) is 20.5 Å². The van der Waals surface area contributed by atoms with Gasteiger partial charge in [-0.05, 0) is 42.8 Å². The maximum Gasteiger partial charge on any atom is 0.175 e. The molecule has 0 amide bonds. The van der Waals surface area contributed by atoms with Gasteiger partial charge in [0.2, 0.25) is 0 Å². The standard InChI is InChI=1S/C15H16N2O3S/c1-10-6-7-13(15(16)17)14(8-10)20-11-4-3-5-12(9-11)21(2,18)19/h3-9H,1-2H3,(H3,16,17). The average molecular weight is 304 g/mol. The van der Waals surface area contributed by atoms with Gasteiger partial charge in [0.1, 0.15) is 17.3 Å². The van der Waals surface area contributed by atoms with Crippen LogP contribution in [0.1, 0.15) is 11.1 Å². The summed E-state index contributed by atoms with van der Waals surface area (Å²) in [6.07, 6.45) is 1.14. The number of nitrogens with two attached hydrogens (primary N) is 1. The molecule has 0 aliphatic carbocycles. The second-order valence-corrected chi connectivity index (χ2v) is 6.78. The van der Waals surface area contributed by atoms with Crippen molar-refractivity contribution in [3.05, 3.63) is 53.6 Å². The van der Waals surface area contributed by atoms with Gasteiger partial charge in [-0.2, -0.15) is 0 Å². The largest absolute Gasteiger partial charge is 0.457 e. The molecule has 2 rings (SSSR count). The van der Waals surface area contributed by atoms with Gasteiger partial charge >= 0.3 is 0 Å². The van der Waals surface area contributed by atoms with Crippen molar-refractivity contribution < 1.29 is 13.2 Å². The molecule has 21 heavy (non-hydrogen) atoms. The maximum absolute atomic E-state index is 11.6. The van der Waals surface area contributed by atoms with Gasteiger partial charge in [0, 0.05) is 6.26 Å². The highest BCUT2D eigenvalue weighted by Gasteiger charge is 2.11. The number of aryl methyl sites for hydroxylation is 1. The summed E-state index contributed by atoms with van der Waals surface area (Å²) >= 11 is 0. The molecule has 5 nitrogen and oxygen atoms in total. The number of benzene rings is 2.